The molecule has 0 heterocycles. The molecule has 0 aliphatic heterocycles. The van der Waals surface area contributed by atoms with E-state index in [-0.39, 0.29) is 17.8 Å². The Bertz CT molecular complexity index is 379. The van der Waals surface area contributed by atoms with E-state index in [0.29, 0.717) is 13.0 Å². The molecule has 0 aliphatic carbocycles. The van der Waals surface area contributed by atoms with Gasteiger partial charge in [-0.15, -0.1) is 0 Å². The molecule has 0 saturated carbocycles. The summed E-state index contributed by atoms with van der Waals surface area (Å²) in [6.45, 7) is 4.14. The molecule has 0 aromatic heterocycles. The highest BCUT2D eigenvalue weighted by Gasteiger charge is 2.21. The van der Waals surface area contributed by atoms with Gasteiger partial charge in [0.1, 0.15) is 17.7 Å². The first-order chi connectivity index (χ1) is 8.60. The fraction of sp³-hybridized carbons (Fsp3) is 0.500. The second-order valence-corrected chi connectivity index (χ2v) is 4.08. The van der Waals surface area contributed by atoms with Crippen LogP contribution in [0.5, 0.6) is 0 Å². The van der Waals surface area contributed by atoms with Crippen LogP contribution in [0, 0.1) is 11.6 Å². The Morgan fingerprint density at radius 2 is 1.89 bits per heavy atom. The summed E-state index contributed by atoms with van der Waals surface area (Å²) >= 11 is 0. The van der Waals surface area contributed by atoms with Crippen LogP contribution in [-0.2, 0) is 16.0 Å². The average Bonchev–Trinajstić information content (AvgIpc) is 2.33. The third-order valence-electron chi connectivity index (χ3n) is 2.69. The number of hydrogen-bond acceptors (Lipinski definition) is 2. The number of hydrogen-bond donors (Lipinski definition) is 0. The van der Waals surface area contributed by atoms with Gasteiger partial charge in [-0.25, -0.2) is 8.78 Å². The smallest absolute Gasteiger partial charge is 0.166 e. The standard InChI is InChI=1S/C14H18F2O2/c1-3-6-14(18-4-2)13(17)9-10-11(15)7-5-8-12(10)16/h5,7-8,14H,3-4,6,9H2,1-2H3. The molecule has 0 fully saturated rings. The van der Waals surface area contributed by atoms with E-state index in [1.54, 1.807) is 6.92 Å². The summed E-state index contributed by atoms with van der Waals surface area (Å²) in [6.07, 6.45) is 0.529. The van der Waals surface area contributed by atoms with E-state index in [1.165, 1.54) is 6.07 Å². The molecule has 0 spiro atoms. The minimum absolute atomic E-state index is 0.177. The molecule has 18 heavy (non-hydrogen) atoms. The highest BCUT2D eigenvalue weighted by Crippen LogP contribution is 2.15. The zero-order chi connectivity index (χ0) is 13.5. The molecule has 0 N–H and O–H groups in total. The van der Waals surface area contributed by atoms with Crippen LogP contribution in [0.4, 0.5) is 8.78 Å². The Balaban J connectivity index is 2.79. The molecule has 1 atom stereocenters. The van der Waals surface area contributed by atoms with Crippen LogP contribution >= 0.6 is 0 Å². The normalized spacial score (nSPS) is 12.4. The Kier molecular flexibility index (Phi) is 5.92. The predicted molar refractivity (Wildman–Crippen MR) is 65.4 cm³/mol. The van der Waals surface area contributed by atoms with Crippen molar-refractivity contribution in [3.63, 3.8) is 0 Å². The van der Waals surface area contributed by atoms with Crippen molar-refractivity contribution in [1.82, 2.24) is 0 Å². The maximum atomic E-state index is 13.4. The molecule has 1 unspecified atom stereocenters. The van der Waals surface area contributed by atoms with Gasteiger partial charge in [-0.1, -0.05) is 19.4 Å². The summed E-state index contributed by atoms with van der Waals surface area (Å²) in [7, 11) is 0. The van der Waals surface area contributed by atoms with Gasteiger partial charge in [0.05, 0.1) is 0 Å². The second kappa shape index (κ2) is 7.21. The van der Waals surface area contributed by atoms with Crippen LogP contribution in [0.2, 0.25) is 0 Å². The molecule has 1 aromatic rings. The Labute approximate surface area is 106 Å². The van der Waals surface area contributed by atoms with Crippen LogP contribution in [0.15, 0.2) is 18.2 Å². The Morgan fingerprint density at radius 1 is 1.28 bits per heavy atom. The summed E-state index contributed by atoms with van der Waals surface area (Å²) in [6, 6.07) is 3.59. The van der Waals surface area contributed by atoms with Gasteiger partial charge in [0.15, 0.2) is 5.78 Å². The van der Waals surface area contributed by atoms with Crippen molar-refractivity contribution in [2.75, 3.05) is 6.61 Å². The first kappa shape index (κ1) is 14.8. The molecule has 4 heteroatoms. The zero-order valence-corrected chi connectivity index (χ0v) is 10.7. The summed E-state index contributed by atoms with van der Waals surface area (Å²) in [5, 5.41) is 0. The Morgan fingerprint density at radius 3 is 2.39 bits per heavy atom. The lowest BCUT2D eigenvalue weighted by molar-refractivity contribution is -0.130. The topological polar surface area (TPSA) is 26.3 Å². The average molecular weight is 256 g/mol. The summed E-state index contributed by atoms with van der Waals surface area (Å²) in [5.41, 5.74) is -0.177. The number of Topliss-reactive ketones (excluding diaryl/α,β-unsaturated/α-hetero) is 1. The van der Waals surface area contributed by atoms with Gasteiger partial charge < -0.3 is 4.74 Å². The molecule has 0 amide bonds. The van der Waals surface area contributed by atoms with E-state index in [4.69, 9.17) is 4.74 Å². The van der Waals surface area contributed by atoms with Gasteiger partial charge in [0.2, 0.25) is 0 Å². The maximum Gasteiger partial charge on any atom is 0.166 e. The summed E-state index contributed by atoms with van der Waals surface area (Å²) < 4.78 is 32.1. The number of benzene rings is 1. The van der Waals surface area contributed by atoms with E-state index in [0.717, 1.165) is 18.6 Å². The van der Waals surface area contributed by atoms with E-state index >= 15 is 0 Å². The van der Waals surface area contributed by atoms with Crippen molar-refractivity contribution in [2.24, 2.45) is 0 Å². The zero-order valence-electron chi connectivity index (χ0n) is 10.7. The van der Waals surface area contributed by atoms with Crippen LogP contribution in [0.1, 0.15) is 32.3 Å². The van der Waals surface area contributed by atoms with Crippen molar-refractivity contribution in [3.8, 4) is 0 Å². The molecule has 0 bridgehead atoms. The van der Waals surface area contributed by atoms with Crippen LogP contribution in [-0.4, -0.2) is 18.5 Å². The van der Waals surface area contributed by atoms with E-state index < -0.39 is 17.7 Å². The number of carbonyl (C=O) groups excluding carboxylic acids is 1. The van der Waals surface area contributed by atoms with E-state index in [9.17, 15) is 13.6 Å². The molecule has 0 radical (unpaired) electrons. The number of ketones is 1. The van der Waals surface area contributed by atoms with Gasteiger partial charge in [0, 0.05) is 18.6 Å². The third-order valence-corrected chi connectivity index (χ3v) is 2.69. The lowest BCUT2D eigenvalue weighted by Gasteiger charge is -2.15. The van der Waals surface area contributed by atoms with Crippen molar-refractivity contribution >= 4 is 5.78 Å². The third kappa shape index (κ3) is 3.88. The number of halogens is 2. The SMILES string of the molecule is CCCC(OCC)C(=O)Cc1c(F)cccc1F. The molecule has 1 rings (SSSR count). The minimum atomic E-state index is -0.685. The molecule has 2 nitrogen and oxygen atoms in total. The highest BCUT2D eigenvalue weighted by atomic mass is 19.1. The summed E-state index contributed by atoms with van der Waals surface area (Å²) in [5.74, 6) is -1.65. The number of ether oxygens (including phenoxy) is 1. The fourth-order valence-corrected chi connectivity index (χ4v) is 1.79. The van der Waals surface area contributed by atoms with E-state index in [2.05, 4.69) is 0 Å². The van der Waals surface area contributed by atoms with Gasteiger partial charge in [0.25, 0.3) is 0 Å². The molecule has 1 aromatic carbocycles. The Hall–Kier alpha value is -1.29. The quantitative estimate of drug-likeness (QED) is 0.748. The highest BCUT2D eigenvalue weighted by molar-refractivity contribution is 5.85. The van der Waals surface area contributed by atoms with Gasteiger partial charge in [-0.2, -0.15) is 0 Å². The van der Waals surface area contributed by atoms with Gasteiger partial charge in [-0.05, 0) is 25.5 Å². The molecule has 0 aliphatic rings. The van der Waals surface area contributed by atoms with Crippen molar-refractivity contribution in [2.45, 2.75) is 39.2 Å². The number of rotatable bonds is 7. The number of carbonyl (C=O) groups is 1. The molecule has 0 saturated heterocycles. The van der Waals surface area contributed by atoms with Gasteiger partial charge >= 0.3 is 0 Å². The molecular formula is C14H18F2O2. The van der Waals surface area contributed by atoms with Crippen LogP contribution in [0.3, 0.4) is 0 Å². The van der Waals surface area contributed by atoms with Crippen molar-refractivity contribution in [3.05, 3.63) is 35.4 Å². The van der Waals surface area contributed by atoms with Gasteiger partial charge in [-0.3, -0.25) is 4.79 Å². The lowest BCUT2D eigenvalue weighted by Crippen LogP contribution is -2.26. The lowest BCUT2D eigenvalue weighted by atomic mass is 10.0. The van der Waals surface area contributed by atoms with E-state index in [1.807, 2.05) is 6.92 Å². The first-order valence-electron chi connectivity index (χ1n) is 6.17. The first-order valence-corrected chi connectivity index (χ1v) is 6.17. The largest absolute Gasteiger partial charge is 0.371 e. The van der Waals surface area contributed by atoms with Crippen LogP contribution in [0.25, 0.3) is 0 Å². The molecular weight excluding hydrogens is 238 g/mol. The summed E-state index contributed by atoms with van der Waals surface area (Å²) in [4.78, 5) is 11.9. The minimum Gasteiger partial charge on any atom is -0.371 e. The van der Waals surface area contributed by atoms with Crippen molar-refractivity contribution in [1.29, 1.82) is 0 Å². The van der Waals surface area contributed by atoms with Crippen molar-refractivity contribution < 1.29 is 18.3 Å². The van der Waals surface area contributed by atoms with Crippen LogP contribution < -0.4 is 0 Å². The molecule has 100 valence electrons. The monoisotopic (exact) mass is 256 g/mol. The predicted octanol–water partition coefficient (Wildman–Crippen LogP) is 3.28. The second-order valence-electron chi connectivity index (χ2n) is 4.08. The fourth-order valence-electron chi connectivity index (χ4n) is 1.79. The maximum absolute atomic E-state index is 13.4.